The lowest BCUT2D eigenvalue weighted by atomic mass is 10.1. The van der Waals surface area contributed by atoms with Crippen molar-refractivity contribution in [1.82, 2.24) is 55.1 Å². The van der Waals surface area contributed by atoms with Crippen molar-refractivity contribution in [2.75, 3.05) is 24.3 Å². The van der Waals surface area contributed by atoms with Crippen molar-refractivity contribution in [2.24, 2.45) is 0 Å². The van der Waals surface area contributed by atoms with Crippen LogP contribution < -0.4 is 26.7 Å². The van der Waals surface area contributed by atoms with Gasteiger partial charge in [-0.2, -0.15) is 5.10 Å². The molecule has 0 saturated carbocycles. The van der Waals surface area contributed by atoms with Crippen LogP contribution in [0.15, 0.2) is 128 Å². The van der Waals surface area contributed by atoms with Gasteiger partial charge in [0.1, 0.15) is 47.0 Å². The number of hydrogen-bond acceptors (Lipinski definition) is 15. The molecular formula is C44H38N14O2. The van der Waals surface area contributed by atoms with Gasteiger partial charge in [0.05, 0.1) is 58.6 Å². The number of nitrogens with two attached hydrogens (primary N) is 3. The molecule has 10 rings (SSSR count). The van der Waals surface area contributed by atoms with Crippen LogP contribution in [0.1, 0.15) is 13.8 Å². The minimum Gasteiger partial charge on any atom is -0.497 e. The van der Waals surface area contributed by atoms with Crippen LogP contribution in [0.5, 0.6) is 11.5 Å². The van der Waals surface area contributed by atoms with E-state index in [9.17, 15) is 0 Å². The van der Waals surface area contributed by atoms with Gasteiger partial charge in [-0.25, -0.2) is 44.9 Å². The van der Waals surface area contributed by atoms with E-state index in [1.807, 2.05) is 117 Å². The van der Waals surface area contributed by atoms with Crippen LogP contribution in [-0.4, -0.2) is 68.3 Å². The van der Waals surface area contributed by atoms with E-state index < -0.39 is 0 Å². The molecule has 0 spiro atoms. The molecule has 0 radical (unpaired) electrons. The molecule has 7 aromatic heterocycles. The van der Waals surface area contributed by atoms with Gasteiger partial charge in [-0.15, -0.1) is 0 Å². The van der Waals surface area contributed by atoms with Crippen molar-refractivity contribution < 1.29 is 9.47 Å². The number of aromatic amines is 1. The molecule has 0 aliphatic carbocycles. The number of rotatable bonds is 6. The Morgan fingerprint density at radius 2 is 1.02 bits per heavy atom. The number of pyridine rings is 3. The Bertz CT molecular complexity index is 3120. The van der Waals surface area contributed by atoms with E-state index in [0.717, 1.165) is 72.7 Å². The molecule has 0 saturated heterocycles. The van der Waals surface area contributed by atoms with Crippen molar-refractivity contribution in [3.63, 3.8) is 0 Å². The van der Waals surface area contributed by atoms with Gasteiger partial charge in [0.25, 0.3) is 0 Å². The first-order chi connectivity index (χ1) is 29.2. The summed E-state index contributed by atoms with van der Waals surface area (Å²) < 4.78 is 10.9. The van der Waals surface area contributed by atoms with Gasteiger partial charge in [0, 0.05) is 22.1 Å². The van der Waals surface area contributed by atoms with E-state index in [4.69, 9.17) is 26.7 Å². The van der Waals surface area contributed by atoms with E-state index in [-0.39, 0.29) is 6.10 Å². The highest BCUT2D eigenvalue weighted by atomic mass is 16.5. The van der Waals surface area contributed by atoms with Gasteiger partial charge in [0.15, 0.2) is 17.5 Å². The van der Waals surface area contributed by atoms with E-state index in [1.165, 1.54) is 19.0 Å². The van der Waals surface area contributed by atoms with Crippen molar-refractivity contribution in [1.29, 1.82) is 0 Å². The first-order valence-electron chi connectivity index (χ1n) is 18.7. The van der Waals surface area contributed by atoms with Crippen molar-refractivity contribution in [3.05, 3.63) is 128 Å². The van der Waals surface area contributed by atoms with Crippen LogP contribution in [0.2, 0.25) is 0 Å². The number of benzene rings is 3. The van der Waals surface area contributed by atoms with Crippen molar-refractivity contribution in [3.8, 4) is 45.3 Å². The lowest BCUT2D eigenvalue weighted by molar-refractivity contribution is 0.242. The molecule has 16 heteroatoms. The van der Waals surface area contributed by atoms with Gasteiger partial charge >= 0.3 is 0 Å². The average molecular weight is 795 g/mol. The minimum absolute atomic E-state index is 0.133. The largest absolute Gasteiger partial charge is 0.497 e. The predicted molar refractivity (Wildman–Crippen MR) is 234 cm³/mol. The summed E-state index contributed by atoms with van der Waals surface area (Å²) >= 11 is 0. The SMILES string of the molecule is CC(C)Oc1cccc(-c2ccc3ncnc(N)c3n2)c1.COc1cccc(-c2ccc3ncnc(N)c3n2)c1.Nc1ncnc2ccc(-c3cccc4[nH]ncc34)nc12. The smallest absolute Gasteiger partial charge is 0.153 e. The molecule has 296 valence electrons. The zero-order chi connectivity index (χ0) is 41.6. The number of hydrogen-bond donors (Lipinski definition) is 4. The maximum absolute atomic E-state index is 5.86. The number of methoxy groups -OCH3 is 1. The summed E-state index contributed by atoms with van der Waals surface area (Å²) in [4.78, 5) is 38.0. The number of nitrogen functional groups attached to an aromatic ring is 3. The van der Waals surface area contributed by atoms with Crippen molar-refractivity contribution >= 4 is 61.5 Å². The van der Waals surface area contributed by atoms with Crippen molar-refractivity contribution in [2.45, 2.75) is 20.0 Å². The van der Waals surface area contributed by atoms with Gasteiger partial charge in [0.2, 0.25) is 0 Å². The molecule has 0 fully saturated rings. The Kier molecular flexibility index (Phi) is 10.9. The van der Waals surface area contributed by atoms with E-state index in [2.05, 4.69) is 55.1 Å². The monoisotopic (exact) mass is 794 g/mol. The molecule has 0 bridgehead atoms. The Morgan fingerprint density at radius 1 is 0.533 bits per heavy atom. The summed E-state index contributed by atoms with van der Waals surface area (Å²) in [6, 6.07) is 32.9. The lowest BCUT2D eigenvalue weighted by Crippen LogP contribution is -2.05. The fourth-order valence-electron chi connectivity index (χ4n) is 6.32. The number of nitrogens with zero attached hydrogens (tertiary/aromatic N) is 10. The quantitative estimate of drug-likeness (QED) is 0.127. The summed E-state index contributed by atoms with van der Waals surface area (Å²) in [5, 5.41) is 8.04. The second-order valence-corrected chi connectivity index (χ2v) is 13.5. The third kappa shape index (κ3) is 8.33. The molecular weight excluding hydrogens is 757 g/mol. The van der Waals surface area contributed by atoms with Crippen LogP contribution in [-0.2, 0) is 0 Å². The first kappa shape index (κ1) is 38.5. The van der Waals surface area contributed by atoms with Crippen LogP contribution in [0.25, 0.3) is 77.8 Å². The van der Waals surface area contributed by atoms with Gasteiger partial charge in [-0.05, 0) is 80.6 Å². The molecule has 0 aliphatic rings. The first-order valence-corrected chi connectivity index (χ1v) is 18.7. The van der Waals surface area contributed by atoms with E-state index >= 15 is 0 Å². The summed E-state index contributed by atoms with van der Waals surface area (Å²) in [6.45, 7) is 4.00. The highest BCUT2D eigenvalue weighted by molar-refractivity contribution is 5.95. The van der Waals surface area contributed by atoms with E-state index in [1.54, 1.807) is 13.3 Å². The molecule has 7 heterocycles. The fraction of sp³-hybridized carbons (Fsp3) is 0.0909. The number of nitrogens with one attached hydrogen (secondary N) is 1. The van der Waals surface area contributed by atoms with Gasteiger partial charge in [-0.1, -0.05) is 36.4 Å². The number of anilines is 3. The molecule has 3 aromatic carbocycles. The Morgan fingerprint density at radius 3 is 1.55 bits per heavy atom. The van der Waals surface area contributed by atoms with Crippen LogP contribution in [0.3, 0.4) is 0 Å². The Hall–Kier alpha value is -8.40. The number of ether oxygens (including phenoxy) is 2. The van der Waals surface area contributed by atoms with E-state index in [0.29, 0.717) is 34.0 Å². The molecule has 0 amide bonds. The molecule has 7 N–H and O–H groups in total. The topological polar surface area (TPSA) is 241 Å². The van der Waals surface area contributed by atoms with Gasteiger partial charge < -0.3 is 26.7 Å². The third-order valence-corrected chi connectivity index (χ3v) is 9.16. The second kappa shape index (κ2) is 17.0. The second-order valence-electron chi connectivity index (χ2n) is 13.5. The molecule has 0 unspecified atom stereocenters. The lowest BCUT2D eigenvalue weighted by Gasteiger charge is -2.11. The van der Waals surface area contributed by atoms with Crippen LogP contribution in [0, 0.1) is 0 Å². The molecule has 60 heavy (non-hydrogen) atoms. The third-order valence-electron chi connectivity index (χ3n) is 9.16. The predicted octanol–water partition coefficient (Wildman–Crippen LogP) is 7.49. The Labute approximate surface area is 343 Å². The summed E-state index contributed by atoms with van der Waals surface area (Å²) in [5.74, 6) is 2.76. The zero-order valence-corrected chi connectivity index (χ0v) is 32.7. The van der Waals surface area contributed by atoms with Crippen LogP contribution in [0.4, 0.5) is 17.5 Å². The Balaban J connectivity index is 0.000000125. The standard InChI is InChI=1S/C16H16N4O.C14H10N6.C14H12N4O/c1-10(2)21-12-5-3-4-11(8-12)13-6-7-14-15(20-13)16(17)19-9-18-14;15-14-13-12(16-7-17-14)5-4-10(19-13)8-2-1-3-11-9(8)6-18-20-11;1-19-10-4-2-3-9(7-10)11-5-6-12-13(18-11)14(15)17-8-16-12/h3-10H,1-2H3,(H2,17,18,19);1-7H,(H,18,20)(H2,15,16,17);2-8H,1H3,(H2,15,16,17). The molecule has 10 aromatic rings. The van der Waals surface area contributed by atoms with Crippen LogP contribution >= 0.6 is 0 Å². The summed E-state index contributed by atoms with van der Waals surface area (Å²) in [6.07, 6.45) is 6.24. The normalized spacial score (nSPS) is 10.9. The summed E-state index contributed by atoms with van der Waals surface area (Å²) in [5.41, 5.74) is 28.0. The zero-order valence-electron chi connectivity index (χ0n) is 32.7. The highest BCUT2D eigenvalue weighted by Gasteiger charge is 2.11. The molecule has 16 nitrogen and oxygen atoms in total. The maximum Gasteiger partial charge on any atom is 0.153 e. The highest BCUT2D eigenvalue weighted by Crippen LogP contribution is 2.29. The number of aromatic nitrogens is 11. The number of H-pyrrole nitrogens is 1. The number of fused-ring (bicyclic) bond motifs is 4. The summed E-state index contributed by atoms with van der Waals surface area (Å²) in [7, 11) is 1.64. The fourth-order valence-corrected chi connectivity index (χ4v) is 6.32. The minimum atomic E-state index is 0.133. The molecule has 0 atom stereocenters. The average Bonchev–Trinajstić information content (AvgIpc) is 3.77. The maximum atomic E-state index is 5.86. The van der Waals surface area contributed by atoms with Gasteiger partial charge in [-0.3, -0.25) is 5.10 Å². The molecule has 0 aliphatic heterocycles.